The van der Waals surface area contributed by atoms with Crippen LogP contribution in [0.4, 0.5) is 5.69 Å². The zero-order valence-corrected chi connectivity index (χ0v) is 10.7. The summed E-state index contributed by atoms with van der Waals surface area (Å²) in [5.74, 6) is 0.875. The van der Waals surface area contributed by atoms with Gasteiger partial charge < -0.3 is 19.7 Å². The molecule has 0 aromatic heterocycles. The van der Waals surface area contributed by atoms with Crippen molar-refractivity contribution in [2.45, 2.75) is 6.10 Å². The molecule has 1 aliphatic rings. The first kappa shape index (κ1) is 12.2. The van der Waals surface area contributed by atoms with Crippen LogP contribution < -0.4 is 15.0 Å². The van der Waals surface area contributed by atoms with Crippen LogP contribution in [-0.2, 0) is 4.74 Å². The third-order valence-electron chi connectivity index (χ3n) is 2.99. The van der Waals surface area contributed by atoms with Gasteiger partial charge in [0.05, 0.1) is 19.8 Å². The smallest absolute Gasteiger partial charge is 0.119 e. The maximum Gasteiger partial charge on any atom is 0.119 e. The first-order chi connectivity index (χ1) is 8.22. The van der Waals surface area contributed by atoms with Crippen molar-refractivity contribution in [3.05, 3.63) is 23.8 Å². The zero-order valence-electron chi connectivity index (χ0n) is 10.7. The van der Waals surface area contributed by atoms with Gasteiger partial charge in [-0.05, 0) is 18.2 Å². The fourth-order valence-corrected chi connectivity index (χ4v) is 2.09. The molecule has 1 atom stereocenters. The molecule has 1 aliphatic heterocycles. The van der Waals surface area contributed by atoms with Crippen LogP contribution in [0.15, 0.2) is 18.2 Å². The Bertz CT molecular complexity index is 374. The predicted molar refractivity (Wildman–Crippen MR) is 68.9 cm³/mol. The number of nitrogens with one attached hydrogen (secondary N) is 1. The predicted octanol–water partition coefficient (Wildman–Crippen LogP) is 1.42. The monoisotopic (exact) mass is 236 g/mol. The number of hydrogen-bond acceptors (Lipinski definition) is 4. The van der Waals surface area contributed by atoms with Crippen LogP contribution in [0.1, 0.15) is 11.7 Å². The minimum absolute atomic E-state index is 0.108. The minimum Gasteiger partial charge on any atom is -0.497 e. The highest BCUT2D eigenvalue weighted by molar-refractivity contribution is 5.56. The second-order valence-corrected chi connectivity index (χ2v) is 4.38. The van der Waals surface area contributed by atoms with E-state index in [0.717, 1.165) is 25.4 Å². The van der Waals surface area contributed by atoms with Crippen molar-refractivity contribution in [1.82, 2.24) is 5.32 Å². The minimum atomic E-state index is 0.108. The maximum absolute atomic E-state index is 5.81. The molecule has 2 rings (SSSR count). The van der Waals surface area contributed by atoms with E-state index in [0.29, 0.717) is 0 Å². The van der Waals surface area contributed by atoms with Gasteiger partial charge in [-0.1, -0.05) is 0 Å². The molecule has 1 heterocycles. The Morgan fingerprint density at radius 1 is 1.41 bits per heavy atom. The van der Waals surface area contributed by atoms with Crippen molar-refractivity contribution < 1.29 is 9.47 Å². The van der Waals surface area contributed by atoms with E-state index < -0.39 is 0 Å². The van der Waals surface area contributed by atoms with Crippen LogP contribution in [0, 0.1) is 0 Å². The van der Waals surface area contributed by atoms with E-state index in [1.807, 2.05) is 20.2 Å². The van der Waals surface area contributed by atoms with E-state index in [1.54, 1.807) is 7.11 Å². The molecule has 0 aliphatic carbocycles. The molecule has 17 heavy (non-hydrogen) atoms. The van der Waals surface area contributed by atoms with E-state index in [4.69, 9.17) is 9.47 Å². The first-order valence-corrected chi connectivity index (χ1v) is 5.90. The van der Waals surface area contributed by atoms with Crippen LogP contribution >= 0.6 is 0 Å². The highest BCUT2D eigenvalue weighted by atomic mass is 16.5. The number of morpholine rings is 1. The number of benzene rings is 1. The van der Waals surface area contributed by atoms with Gasteiger partial charge in [0.25, 0.3) is 0 Å². The highest BCUT2D eigenvalue weighted by Crippen LogP contribution is 2.31. The Labute approximate surface area is 103 Å². The van der Waals surface area contributed by atoms with Crippen molar-refractivity contribution in [3.8, 4) is 5.75 Å². The molecule has 1 aromatic rings. The Balaban J connectivity index is 2.33. The zero-order chi connectivity index (χ0) is 12.3. The number of rotatable bonds is 3. The molecular weight excluding hydrogens is 216 g/mol. The van der Waals surface area contributed by atoms with Gasteiger partial charge in [0.1, 0.15) is 5.75 Å². The lowest BCUT2D eigenvalue weighted by Gasteiger charge is -2.28. The molecule has 1 saturated heterocycles. The Kier molecular flexibility index (Phi) is 3.86. The molecule has 1 fully saturated rings. The molecule has 0 spiro atoms. The van der Waals surface area contributed by atoms with E-state index >= 15 is 0 Å². The normalized spacial score (nSPS) is 20.1. The molecule has 94 valence electrons. The van der Waals surface area contributed by atoms with Crippen LogP contribution in [-0.4, -0.2) is 40.9 Å². The molecule has 1 N–H and O–H groups in total. The molecule has 1 unspecified atom stereocenters. The van der Waals surface area contributed by atoms with Crippen molar-refractivity contribution >= 4 is 5.69 Å². The van der Waals surface area contributed by atoms with E-state index in [1.165, 1.54) is 11.3 Å². The van der Waals surface area contributed by atoms with Gasteiger partial charge in [0.2, 0.25) is 0 Å². The number of methoxy groups -OCH3 is 1. The molecule has 4 heteroatoms. The molecular formula is C13H20N2O2. The largest absolute Gasteiger partial charge is 0.497 e. The van der Waals surface area contributed by atoms with Gasteiger partial charge in [-0.3, -0.25) is 0 Å². The molecule has 0 radical (unpaired) electrons. The topological polar surface area (TPSA) is 33.7 Å². The molecule has 1 aromatic carbocycles. The van der Waals surface area contributed by atoms with Crippen LogP contribution in [0.5, 0.6) is 5.75 Å². The second-order valence-electron chi connectivity index (χ2n) is 4.38. The highest BCUT2D eigenvalue weighted by Gasteiger charge is 2.20. The summed E-state index contributed by atoms with van der Waals surface area (Å²) in [5, 5.41) is 3.35. The maximum atomic E-state index is 5.81. The van der Waals surface area contributed by atoms with Crippen LogP contribution in [0.3, 0.4) is 0 Å². The summed E-state index contributed by atoms with van der Waals surface area (Å²) in [5.41, 5.74) is 2.36. The van der Waals surface area contributed by atoms with Gasteiger partial charge >= 0.3 is 0 Å². The van der Waals surface area contributed by atoms with Crippen LogP contribution in [0.25, 0.3) is 0 Å². The average molecular weight is 236 g/mol. The SMILES string of the molecule is COc1ccc(N(C)C)c(C2CNCCO2)c1. The summed E-state index contributed by atoms with van der Waals surface area (Å²) in [6, 6.07) is 6.12. The van der Waals surface area contributed by atoms with Gasteiger partial charge in [0.15, 0.2) is 0 Å². The Hall–Kier alpha value is -1.26. The third kappa shape index (κ3) is 2.70. The number of nitrogens with zero attached hydrogens (tertiary/aromatic N) is 1. The fraction of sp³-hybridized carbons (Fsp3) is 0.538. The summed E-state index contributed by atoms with van der Waals surface area (Å²) in [6.07, 6.45) is 0.108. The van der Waals surface area contributed by atoms with Crippen molar-refractivity contribution in [2.75, 3.05) is 45.8 Å². The summed E-state index contributed by atoms with van der Waals surface area (Å²) in [4.78, 5) is 2.10. The van der Waals surface area contributed by atoms with E-state index in [9.17, 15) is 0 Å². The lowest BCUT2D eigenvalue weighted by molar-refractivity contribution is 0.0279. The summed E-state index contributed by atoms with van der Waals surface area (Å²) in [6.45, 7) is 2.54. The molecule has 0 saturated carbocycles. The summed E-state index contributed by atoms with van der Waals surface area (Å²) < 4.78 is 11.1. The number of ether oxygens (including phenoxy) is 2. The molecule has 4 nitrogen and oxygen atoms in total. The van der Waals surface area contributed by atoms with Gasteiger partial charge in [-0.25, -0.2) is 0 Å². The van der Waals surface area contributed by atoms with E-state index in [-0.39, 0.29) is 6.10 Å². The van der Waals surface area contributed by atoms with Crippen molar-refractivity contribution in [1.29, 1.82) is 0 Å². The standard InChI is InChI=1S/C13H20N2O2/c1-15(2)12-5-4-10(16-3)8-11(12)13-9-14-6-7-17-13/h4-5,8,13-14H,6-7,9H2,1-3H3. The Morgan fingerprint density at radius 3 is 2.82 bits per heavy atom. The van der Waals surface area contributed by atoms with Crippen molar-refractivity contribution in [2.24, 2.45) is 0 Å². The third-order valence-corrected chi connectivity index (χ3v) is 2.99. The fourth-order valence-electron chi connectivity index (χ4n) is 2.09. The first-order valence-electron chi connectivity index (χ1n) is 5.90. The van der Waals surface area contributed by atoms with Gasteiger partial charge in [-0.2, -0.15) is 0 Å². The average Bonchev–Trinajstić information content (AvgIpc) is 2.39. The van der Waals surface area contributed by atoms with E-state index in [2.05, 4.69) is 22.3 Å². The quantitative estimate of drug-likeness (QED) is 0.860. The number of anilines is 1. The molecule has 0 bridgehead atoms. The summed E-state index contributed by atoms with van der Waals surface area (Å²) >= 11 is 0. The van der Waals surface area contributed by atoms with Gasteiger partial charge in [0, 0.05) is 38.4 Å². The Morgan fingerprint density at radius 2 is 2.24 bits per heavy atom. The molecule has 0 amide bonds. The van der Waals surface area contributed by atoms with Gasteiger partial charge in [-0.15, -0.1) is 0 Å². The van der Waals surface area contributed by atoms with Crippen molar-refractivity contribution in [3.63, 3.8) is 0 Å². The second kappa shape index (κ2) is 5.38. The lowest BCUT2D eigenvalue weighted by Crippen LogP contribution is -2.34. The van der Waals surface area contributed by atoms with Crippen LogP contribution in [0.2, 0.25) is 0 Å². The summed E-state index contributed by atoms with van der Waals surface area (Å²) in [7, 11) is 5.78. The number of hydrogen-bond donors (Lipinski definition) is 1. The lowest BCUT2D eigenvalue weighted by atomic mass is 10.0.